The van der Waals surface area contributed by atoms with Gasteiger partial charge in [-0.1, -0.05) is 19.8 Å². The van der Waals surface area contributed by atoms with Gasteiger partial charge in [0.15, 0.2) is 0 Å². The molecular weight excluding hydrogens is 260 g/mol. The van der Waals surface area contributed by atoms with E-state index in [-0.39, 0.29) is 12.2 Å². The highest BCUT2D eigenvalue weighted by atomic mass is 16.5. The molecule has 108 valence electrons. The molecule has 7 nitrogen and oxygen atoms in total. The molecule has 0 N–H and O–H groups in total. The van der Waals surface area contributed by atoms with Crippen molar-refractivity contribution in [2.45, 2.75) is 39.7 Å². The first-order valence-corrected chi connectivity index (χ1v) is 6.79. The Bertz CT molecular complexity index is 659. The molecule has 0 aliphatic heterocycles. The number of aromatic nitrogens is 4. The summed E-state index contributed by atoms with van der Waals surface area (Å²) in [6.45, 7) is 4.72. The average Bonchev–Trinajstić information content (AvgIpc) is 2.92. The first kappa shape index (κ1) is 14.2. The number of carbonyl (C=O) groups excluding carboxylic acids is 1. The van der Waals surface area contributed by atoms with Crippen LogP contribution in [-0.2, 0) is 11.3 Å². The first-order chi connectivity index (χ1) is 9.69. The fourth-order valence-corrected chi connectivity index (χ4v) is 2.00. The topological polar surface area (TPSA) is 78.5 Å². The maximum atomic E-state index is 12.1. The Morgan fingerprint density at radius 3 is 2.85 bits per heavy atom. The van der Waals surface area contributed by atoms with Gasteiger partial charge in [-0.2, -0.15) is 14.6 Å². The summed E-state index contributed by atoms with van der Waals surface area (Å²) < 4.78 is 7.81. The number of rotatable bonds is 6. The van der Waals surface area contributed by atoms with Crippen molar-refractivity contribution in [1.82, 2.24) is 19.2 Å². The molecule has 0 amide bonds. The lowest BCUT2D eigenvalue weighted by Crippen LogP contribution is -2.27. The van der Waals surface area contributed by atoms with Crippen LogP contribution in [0.1, 0.15) is 43.5 Å². The third-order valence-electron chi connectivity index (χ3n) is 2.99. The van der Waals surface area contributed by atoms with Gasteiger partial charge in [-0.3, -0.25) is 4.79 Å². The van der Waals surface area contributed by atoms with E-state index in [9.17, 15) is 9.59 Å². The lowest BCUT2D eigenvalue weighted by atomic mass is 10.2. The largest absolute Gasteiger partial charge is 0.462 e. The van der Waals surface area contributed by atoms with Gasteiger partial charge in [0.2, 0.25) is 5.78 Å². The summed E-state index contributed by atoms with van der Waals surface area (Å²) in [7, 11) is 0. The summed E-state index contributed by atoms with van der Waals surface area (Å²) >= 11 is 0. The van der Waals surface area contributed by atoms with E-state index < -0.39 is 11.5 Å². The van der Waals surface area contributed by atoms with Crippen molar-refractivity contribution < 1.29 is 9.53 Å². The van der Waals surface area contributed by atoms with Crippen LogP contribution in [-0.4, -0.2) is 31.7 Å². The van der Waals surface area contributed by atoms with Gasteiger partial charge >= 0.3 is 5.97 Å². The van der Waals surface area contributed by atoms with E-state index in [0.29, 0.717) is 12.3 Å². The van der Waals surface area contributed by atoms with Crippen LogP contribution in [0, 0.1) is 0 Å². The van der Waals surface area contributed by atoms with Crippen molar-refractivity contribution in [2.75, 3.05) is 6.61 Å². The summed E-state index contributed by atoms with van der Waals surface area (Å²) in [4.78, 5) is 28.0. The van der Waals surface area contributed by atoms with E-state index in [4.69, 9.17) is 4.74 Å². The molecule has 0 bridgehead atoms. The number of hydrogen-bond donors (Lipinski definition) is 0. The third-order valence-corrected chi connectivity index (χ3v) is 2.99. The van der Waals surface area contributed by atoms with Crippen LogP contribution >= 0.6 is 0 Å². The SMILES string of the molecule is CCCCCn1cc(C(=O)OCC)c(=O)n2ncnc12. The summed E-state index contributed by atoms with van der Waals surface area (Å²) in [5, 5.41) is 3.87. The number of carbonyl (C=O) groups is 1. The quantitative estimate of drug-likeness (QED) is 0.587. The number of hydrogen-bond acceptors (Lipinski definition) is 5. The molecule has 0 saturated heterocycles. The van der Waals surface area contributed by atoms with Gasteiger partial charge in [0.05, 0.1) is 6.61 Å². The van der Waals surface area contributed by atoms with Crippen LogP contribution in [0.15, 0.2) is 17.3 Å². The summed E-state index contributed by atoms with van der Waals surface area (Å²) in [5.41, 5.74) is -0.510. The molecule has 0 saturated carbocycles. The second-order valence-electron chi connectivity index (χ2n) is 4.44. The van der Waals surface area contributed by atoms with Gasteiger partial charge in [-0.05, 0) is 13.3 Å². The Kier molecular flexibility index (Phi) is 4.49. The lowest BCUT2D eigenvalue weighted by molar-refractivity contribution is 0.0522. The monoisotopic (exact) mass is 278 g/mol. The van der Waals surface area contributed by atoms with Crippen molar-refractivity contribution in [2.24, 2.45) is 0 Å². The van der Waals surface area contributed by atoms with Crippen LogP contribution in [0.5, 0.6) is 0 Å². The molecule has 0 aliphatic carbocycles. The zero-order valence-electron chi connectivity index (χ0n) is 11.7. The highest BCUT2D eigenvalue weighted by molar-refractivity contribution is 5.88. The van der Waals surface area contributed by atoms with Gasteiger partial charge in [0.25, 0.3) is 5.56 Å². The Morgan fingerprint density at radius 2 is 2.15 bits per heavy atom. The van der Waals surface area contributed by atoms with E-state index in [2.05, 4.69) is 17.0 Å². The fourth-order valence-electron chi connectivity index (χ4n) is 2.00. The van der Waals surface area contributed by atoms with Crippen molar-refractivity contribution in [1.29, 1.82) is 0 Å². The van der Waals surface area contributed by atoms with Crippen molar-refractivity contribution in [3.05, 3.63) is 28.4 Å². The summed E-state index contributed by atoms with van der Waals surface area (Å²) in [5.74, 6) is -0.182. The van der Waals surface area contributed by atoms with Crippen LogP contribution < -0.4 is 5.56 Å². The Morgan fingerprint density at radius 1 is 1.35 bits per heavy atom. The number of nitrogens with zero attached hydrogens (tertiary/aromatic N) is 4. The highest BCUT2D eigenvalue weighted by Crippen LogP contribution is 2.05. The minimum absolute atomic E-state index is 0.0126. The van der Waals surface area contributed by atoms with Gasteiger partial charge in [-0.15, -0.1) is 0 Å². The van der Waals surface area contributed by atoms with Gasteiger partial charge in [-0.25, -0.2) is 4.79 Å². The predicted molar refractivity (Wildman–Crippen MR) is 72.7 cm³/mol. The number of fused-ring (bicyclic) bond motifs is 1. The molecule has 0 atom stereocenters. The molecule has 0 aliphatic rings. The Hall–Kier alpha value is -2.18. The van der Waals surface area contributed by atoms with Gasteiger partial charge < -0.3 is 9.30 Å². The number of ether oxygens (including phenoxy) is 1. The Balaban J connectivity index is 2.45. The van der Waals surface area contributed by atoms with Crippen LogP contribution in [0.2, 0.25) is 0 Å². The molecule has 2 heterocycles. The molecule has 0 spiro atoms. The molecule has 0 fully saturated rings. The molecule has 2 aromatic rings. The van der Waals surface area contributed by atoms with E-state index in [0.717, 1.165) is 23.8 Å². The van der Waals surface area contributed by atoms with Gasteiger partial charge in [0, 0.05) is 12.7 Å². The normalized spacial score (nSPS) is 10.9. The standard InChI is InChI=1S/C13H18N4O3/c1-3-5-6-7-16-8-10(12(19)20-4-2)11(18)17-13(16)14-9-15-17/h8-9H,3-7H2,1-2H3. The molecule has 0 aromatic carbocycles. The molecule has 2 aromatic heterocycles. The molecule has 20 heavy (non-hydrogen) atoms. The second kappa shape index (κ2) is 6.31. The number of aryl methyl sites for hydroxylation is 1. The summed E-state index contributed by atoms with van der Waals surface area (Å²) in [6.07, 6.45) is 5.93. The second-order valence-corrected chi connectivity index (χ2v) is 4.44. The van der Waals surface area contributed by atoms with Crippen molar-refractivity contribution >= 4 is 11.7 Å². The minimum atomic E-state index is -0.626. The zero-order chi connectivity index (χ0) is 14.5. The van der Waals surface area contributed by atoms with E-state index in [1.165, 1.54) is 12.5 Å². The van der Waals surface area contributed by atoms with Gasteiger partial charge in [0.1, 0.15) is 11.9 Å². The molecule has 0 unspecified atom stereocenters. The zero-order valence-corrected chi connectivity index (χ0v) is 11.7. The number of esters is 1. The van der Waals surface area contributed by atoms with E-state index in [1.54, 1.807) is 11.5 Å². The highest BCUT2D eigenvalue weighted by Gasteiger charge is 2.17. The smallest absolute Gasteiger partial charge is 0.345 e. The third kappa shape index (κ3) is 2.71. The first-order valence-electron chi connectivity index (χ1n) is 6.79. The van der Waals surface area contributed by atoms with Crippen molar-refractivity contribution in [3.8, 4) is 0 Å². The maximum absolute atomic E-state index is 12.1. The lowest BCUT2D eigenvalue weighted by Gasteiger charge is -2.09. The summed E-state index contributed by atoms with van der Waals surface area (Å²) in [6, 6.07) is 0. The molecule has 0 radical (unpaired) electrons. The molecular formula is C13H18N4O3. The van der Waals surface area contributed by atoms with E-state index >= 15 is 0 Å². The average molecular weight is 278 g/mol. The van der Waals surface area contributed by atoms with E-state index in [1.807, 2.05) is 0 Å². The molecule has 7 heteroatoms. The fraction of sp³-hybridized carbons (Fsp3) is 0.538. The predicted octanol–water partition coefficient (Wildman–Crippen LogP) is 1.26. The maximum Gasteiger partial charge on any atom is 0.345 e. The van der Waals surface area contributed by atoms with Crippen LogP contribution in [0.3, 0.4) is 0 Å². The van der Waals surface area contributed by atoms with Crippen molar-refractivity contribution in [3.63, 3.8) is 0 Å². The Labute approximate surface area is 116 Å². The van der Waals surface area contributed by atoms with Crippen LogP contribution in [0.4, 0.5) is 0 Å². The number of unbranched alkanes of at least 4 members (excludes halogenated alkanes) is 2. The molecule has 2 rings (SSSR count). The van der Waals surface area contributed by atoms with Crippen LogP contribution in [0.25, 0.3) is 5.78 Å². The minimum Gasteiger partial charge on any atom is -0.462 e.